The number of nitrogens with zero attached hydrogens (tertiary/aromatic N) is 3. The van der Waals surface area contributed by atoms with Crippen molar-refractivity contribution in [1.29, 1.82) is 0 Å². The third-order valence-electron chi connectivity index (χ3n) is 3.09. The summed E-state index contributed by atoms with van der Waals surface area (Å²) in [5, 5.41) is 4.16. The Morgan fingerprint density at radius 2 is 2.08 bits per heavy atom. The molecule has 0 unspecified atom stereocenters. The highest BCUT2D eigenvalue weighted by molar-refractivity contribution is 5.74. The minimum atomic E-state index is -4.77. The number of carbonyl (C=O) groups is 1. The Kier molecular flexibility index (Phi) is 5.17. The Morgan fingerprint density at radius 1 is 1.38 bits per heavy atom. The van der Waals surface area contributed by atoms with Gasteiger partial charge < -0.3 is 4.52 Å². The van der Waals surface area contributed by atoms with E-state index in [9.17, 15) is 22.4 Å². The van der Waals surface area contributed by atoms with Crippen LogP contribution in [-0.2, 0) is 22.4 Å². The molecule has 1 aromatic carbocycles. The molecular formula is C14H13F4N3O3. The van der Waals surface area contributed by atoms with Gasteiger partial charge in [0.15, 0.2) is 0 Å². The number of hydroxylamine groups is 2. The highest BCUT2D eigenvalue weighted by atomic mass is 19.4. The number of halogens is 4. The molecule has 0 atom stereocenters. The molecular weight excluding hydrogens is 334 g/mol. The number of hydrogen-bond donors (Lipinski definition) is 0. The van der Waals surface area contributed by atoms with Crippen molar-refractivity contribution in [2.24, 2.45) is 0 Å². The van der Waals surface area contributed by atoms with Crippen molar-refractivity contribution < 1.29 is 31.7 Å². The SMILES string of the molecule is CCC(=O)N(Cc1ccc(-c2noc(C(F)(F)F)n2)cc1F)OC. The molecule has 24 heavy (non-hydrogen) atoms. The fourth-order valence-electron chi connectivity index (χ4n) is 1.86. The van der Waals surface area contributed by atoms with Crippen molar-refractivity contribution in [2.45, 2.75) is 26.1 Å². The van der Waals surface area contributed by atoms with E-state index in [-0.39, 0.29) is 35.8 Å². The van der Waals surface area contributed by atoms with Crippen LogP contribution in [0, 0.1) is 5.82 Å². The quantitative estimate of drug-likeness (QED) is 0.614. The number of alkyl halides is 3. The van der Waals surface area contributed by atoms with E-state index < -0.39 is 17.9 Å². The average Bonchev–Trinajstić information content (AvgIpc) is 3.03. The zero-order chi connectivity index (χ0) is 17.9. The number of benzene rings is 1. The van der Waals surface area contributed by atoms with Gasteiger partial charge in [-0.15, -0.1) is 0 Å². The molecule has 0 aliphatic carbocycles. The third-order valence-corrected chi connectivity index (χ3v) is 3.09. The summed E-state index contributed by atoms with van der Waals surface area (Å²) < 4.78 is 55.5. The predicted molar refractivity (Wildman–Crippen MR) is 72.5 cm³/mol. The topological polar surface area (TPSA) is 68.5 Å². The first-order chi connectivity index (χ1) is 11.3. The van der Waals surface area contributed by atoms with E-state index in [1.165, 1.54) is 19.2 Å². The molecule has 0 N–H and O–H groups in total. The molecule has 2 aromatic rings. The predicted octanol–water partition coefficient (Wildman–Crippen LogP) is 3.19. The van der Waals surface area contributed by atoms with E-state index in [2.05, 4.69) is 14.7 Å². The molecule has 0 saturated heterocycles. The Labute approximate surface area is 134 Å². The van der Waals surface area contributed by atoms with Gasteiger partial charge in [0.25, 0.3) is 0 Å². The number of rotatable bonds is 5. The molecule has 6 nitrogen and oxygen atoms in total. The minimum Gasteiger partial charge on any atom is -0.329 e. The van der Waals surface area contributed by atoms with Crippen LogP contribution in [0.5, 0.6) is 0 Å². The zero-order valence-electron chi connectivity index (χ0n) is 12.7. The monoisotopic (exact) mass is 347 g/mol. The van der Waals surface area contributed by atoms with Crippen LogP contribution in [0.4, 0.5) is 17.6 Å². The lowest BCUT2D eigenvalue weighted by molar-refractivity contribution is -0.179. The highest BCUT2D eigenvalue weighted by Gasteiger charge is 2.38. The maximum Gasteiger partial charge on any atom is 0.471 e. The van der Waals surface area contributed by atoms with Gasteiger partial charge in [0.2, 0.25) is 11.7 Å². The largest absolute Gasteiger partial charge is 0.471 e. The van der Waals surface area contributed by atoms with Gasteiger partial charge in [-0.25, -0.2) is 9.45 Å². The van der Waals surface area contributed by atoms with Gasteiger partial charge in [-0.3, -0.25) is 9.63 Å². The van der Waals surface area contributed by atoms with Crippen molar-refractivity contribution >= 4 is 5.91 Å². The standard InChI is InChI=1S/C14H13F4N3O3/c1-3-11(22)21(23-2)7-9-5-4-8(6-10(9)15)12-19-13(24-20-12)14(16,17)18/h4-6H,3,7H2,1-2H3. The lowest BCUT2D eigenvalue weighted by atomic mass is 10.1. The highest BCUT2D eigenvalue weighted by Crippen LogP contribution is 2.29. The molecule has 2 rings (SSSR count). The fraction of sp³-hybridized carbons (Fsp3) is 0.357. The molecule has 1 aromatic heterocycles. The Morgan fingerprint density at radius 3 is 2.58 bits per heavy atom. The zero-order valence-corrected chi connectivity index (χ0v) is 12.7. The fourth-order valence-corrected chi connectivity index (χ4v) is 1.86. The van der Waals surface area contributed by atoms with Crippen LogP contribution in [0.1, 0.15) is 24.8 Å². The van der Waals surface area contributed by atoms with E-state index in [1.807, 2.05) is 0 Å². The van der Waals surface area contributed by atoms with Crippen molar-refractivity contribution in [3.05, 3.63) is 35.5 Å². The van der Waals surface area contributed by atoms with Crippen molar-refractivity contribution in [3.8, 4) is 11.4 Å². The smallest absolute Gasteiger partial charge is 0.329 e. The first-order valence-corrected chi connectivity index (χ1v) is 6.80. The summed E-state index contributed by atoms with van der Waals surface area (Å²) in [7, 11) is 1.28. The van der Waals surface area contributed by atoms with Crippen LogP contribution < -0.4 is 0 Å². The molecule has 1 amide bonds. The van der Waals surface area contributed by atoms with Crippen LogP contribution >= 0.6 is 0 Å². The molecule has 0 aliphatic rings. The molecule has 0 aliphatic heterocycles. The molecule has 0 fully saturated rings. The maximum absolute atomic E-state index is 14.1. The number of aromatic nitrogens is 2. The number of carbonyl (C=O) groups excluding carboxylic acids is 1. The second-order valence-electron chi connectivity index (χ2n) is 4.69. The van der Waals surface area contributed by atoms with E-state index in [0.29, 0.717) is 0 Å². The van der Waals surface area contributed by atoms with Gasteiger partial charge in [0.1, 0.15) is 5.82 Å². The summed E-state index contributed by atoms with van der Waals surface area (Å²) >= 11 is 0. The first-order valence-electron chi connectivity index (χ1n) is 6.80. The first kappa shape index (κ1) is 17.9. The van der Waals surface area contributed by atoms with Crippen LogP contribution in [0.3, 0.4) is 0 Å². The van der Waals surface area contributed by atoms with E-state index in [1.54, 1.807) is 6.92 Å². The second kappa shape index (κ2) is 6.95. The van der Waals surface area contributed by atoms with Crippen LogP contribution in [0.15, 0.2) is 22.7 Å². The van der Waals surface area contributed by atoms with Crippen LogP contribution in [0.25, 0.3) is 11.4 Å². The van der Waals surface area contributed by atoms with Gasteiger partial charge in [-0.2, -0.15) is 18.2 Å². The Hall–Kier alpha value is -2.49. The molecule has 1 heterocycles. The van der Waals surface area contributed by atoms with Crippen LogP contribution in [-0.4, -0.2) is 28.2 Å². The lowest BCUT2D eigenvalue weighted by Gasteiger charge is -2.19. The number of hydrogen-bond acceptors (Lipinski definition) is 5. The molecule has 0 saturated carbocycles. The van der Waals surface area contributed by atoms with Gasteiger partial charge in [-0.05, 0) is 6.07 Å². The summed E-state index contributed by atoms with van der Waals surface area (Å²) in [6, 6.07) is 3.60. The van der Waals surface area contributed by atoms with Gasteiger partial charge in [0, 0.05) is 17.5 Å². The van der Waals surface area contributed by atoms with Gasteiger partial charge in [-0.1, -0.05) is 24.2 Å². The molecule has 0 spiro atoms. The van der Waals surface area contributed by atoms with Crippen LogP contribution in [0.2, 0.25) is 0 Å². The van der Waals surface area contributed by atoms with E-state index >= 15 is 0 Å². The minimum absolute atomic E-state index is 0.0151. The Balaban J connectivity index is 2.23. The van der Waals surface area contributed by atoms with E-state index in [0.717, 1.165) is 11.1 Å². The molecule has 10 heteroatoms. The summed E-state index contributed by atoms with van der Waals surface area (Å²) in [5.74, 6) is -2.98. The number of amides is 1. The molecule has 0 radical (unpaired) electrons. The maximum atomic E-state index is 14.1. The summed E-state index contributed by atoms with van der Waals surface area (Å²) in [5.41, 5.74) is 0.142. The normalized spacial score (nSPS) is 11.6. The van der Waals surface area contributed by atoms with Crippen molar-refractivity contribution in [1.82, 2.24) is 15.2 Å². The second-order valence-corrected chi connectivity index (χ2v) is 4.69. The van der Waals surface area contributed by atoms with Crippen molar-refractivity contribution in [2.75, 3.05) is 7.11 Å². The van der Waals surface area contributed by atoms with Crippen molar-refractivity contribution in [3.63, 3.8) is 0 Å². The molecule has 130 valence electrons. The van der Waals surface area contributed by atoms with Gasteiger partial charge >= 0.3 is 12.1 Å². The van der Waals surface area contributed by atoms with Gasteiger partial charge in [0.05, 0.1) is 13.7 Å². The summed E-state index contributed by atoms with van der Waals surface area (Å²) in [6.45, 7) is 1.48. The Bertz CT molecular complexity index is 730. The van der Waals surface area contributed by atoms with E-state index in [4.69, 9.17) is 4.84 Å². The molecule has 0 bridgehead atoms. The summed E-state index contributed by atoms with van der Waals surface area (Å²) in [6.07, 6.45) is -4.60. The lowest BCUT2D eigenvalue weighted by Crippen LogP contribution is -2.29. The third kappa shape index (κ3) is 3.88. The summed E-state index contributed by atoms with van der Waals surface area (Å²) in [4.78, 5) is 19.6. The average molecular weight is 347 g/mol.